The zero-order chi connectivity index (χ0) is 15.2. The molecule has 1 aromatic carbocycles. The summed E-state index contributed by atoms with van der Waals surface area (Å²) in [4.78, 5) is 16.4. The minimum absolute atomic E-state index is 0.118. The Labute approximate surface area is 124 Å². The van der Waals surface area contributed by atoms with E-state index in [0.717, 1.165) is 17.7 Å². The molecule has 0 bridgehead atoms. The van der Waals surface area contributed by atoms with E-state index in [2.05, 4.69) is 10.3 Å². The third-order valence-electron chi connectivity index (χ3n) is 3.45. The van der Waals surface area contributed by atoms with E-state index in [1.165, 1.54) is 12.1 Å². The summed E-state index contributed by atoms with van der Waals surface area (Å²) in [6, 6.07) is 10.0. The van der Waals surface area contributed by atoms with E-state index in [1.807, 2.05) is 32.0 Å². The lowest BCUT2D eigenvalue weighted by molar-refractivity contribution is -0.121. The molecule has 3 nitrogen and oxygen atoms in total. The van der Waals surface area contributed by atoms with E-state index in [1.54, 1.807) is 12.3 Å². The summed E-state index contributed by atoms with van der Waals surface area (Å²) in [7, 11) is 0. The van der Waals surface area contributed by atoms with E-state index in [-0.39, 0.29) is 24.2 Å². The Morgan fingerprint density at radius 3 is 2.81 bits per heavy atom. The molecule has 0 aliphatic heterocycles. The number of nitrogens with zero attached hydrogens (tertiary/aromatic N) is 1. The Bertz CT molecular complexity index is 613. The SMILES string of the molecule is CCC(NC(=O)Cc1cc(F)ccc1C)c1ccccn1. The Hall–Kier alpha value is -2.23. The van der Waals surface area contributed by atoms with Crippen LogP contribution in [-0.2, 0) is 11.2 Å². The van der Waals surface area contributed by atoms with Crippen LogP contribution >= 0.6 is 0 Å². The molecular formula is C17H19FN2O. The number of pyridine rings is 1. The van der Waals surface area contributed by atoms with Gasteiger partial charge in [0.05, 0.1) is 18.2 Å². The van der Waals surface area contributed by atoms with E-state index < -0.39 is 0 Å². The zero-order valence-electron chi connectivity index (χ0n) is 12.3. The molecule has 1 aromatic heterocycles. The number of rotatable bonds is 5. The fraction of sp³-hybridized carbons (Fsp3) is 0.294. The lowest BCUT2D eigenvalue weighted by Crippen LogP contribution is -2.30. The molecule has 0 radical (unpaired) electrons. The van der Waals surface area contributed by atoms with Gasteiger partial charge in [-0.05, 0) is 48.7 Å². The molecule has 2 rings (SSSR count). The Morgan fingerprint density at radius 2 is 2.14 bits per heavy atom. The maximum absolute atomic E-state index is 13.2. The predicted octanol–water partition coefficient (Wildman–Crippen LogP) is 3.34. The van der Waals surface area contributed by atoms with Crippen molar-refractivity contribution in [3.8, 4) is 0 Å². The van der Waals surface area contributed by atoms with Crippen LogP contribution in [0.3, 0.4) is 0 Å². The number of carbonyl (C=O) groups is 1. The van der Waals surface area contributed by atoms with Gasteiger partial charge in [0, 0.05) is 6.20 Å². The van der Waals surface area contributed by atoms with E-state index >= 15 is 0 Å². The highest BCUT2D eigenvalue weighted by Gasteiger charge is 2.14. The standard InChI is InChI=1S/C17H19FN2O/c1-3-15(16-6-4-5-9-19-16)20-17(21)11-13-10-14(18)8-7-12(13)2/h4-10,15H,3,11H2,1-2H3,(H,20,21). The monoisotopic (exact) mass is 286 g/mol. The van der Waals surface area contributed by atoms with Crippen molar-refractivity contribution in [2.24, 2.45) is 0 Å². The fourth-order valence-electron chi connectivity index (χ4n) is 2.22. The van der Waals surface area contributed by atoms with Crippen LogP contribution in [-0.4, -0.2) is 10.9 Å². The van der Waals surface area contributed by atoms with Crippen molar-refractivity contribution in [1.82, 2.24) is 10.3 Å². The van der Waals surface area contributed by atoms with Crippen molar-refractivity contribution in [1.29, 1.82) is 0 Å². The number of halogens is 1. The third kappa shape index (κ3) is 4.12. The molecule has 1 unspecified atom stereocenters. The molecule has 0 fully saturated rings. The molecule has 0 aliphatic rings. The van der Waals surface area contributed by atoms with Crippen molar-refractivity contribution >= 4 is 5.91 Å². The second-order valence-corrected chi connectivity index (χ2v) is 5.03. The summed E-state index contributed by atoms with van der Waals surface area (Å²) in [5.41, 5.74) is 2.46. The highest BCUT2D eigenvalue weighted by molar-refractivity contribution is 5.79. The van der Waals surface area contributed by atoms with Gasteiger partial charge in [0.1, 0.15) is 5.82 Å². The predicted molar refractivity (Wildman–Crippen MR) is 80.3 cm³/mol. The van der Waals surface area contributed by atoms with Gasteiger partial charge < -0.3 is 5.32 Å². The number of amides is 1. The molecular weight excluding hydrogens is 267 g/mol. The van der Waals surface area contributed by atoms with Crippen molar-refractivity contribution in [3.63, 3.8) is 0 Å². The molecule has 4 heteroatoms. The van der Waals surface area contributed by atoms with Crippen LogP contribution in [0.2, 0.25) is 0 Å². The number of benzene rings is 1. The van der Waals surface area contributed by atoms with Gasteiger partial charge in [-0.15, -0.1) is 0 Å². The van der Waals surface area contributed by atoms with Crippen LogP contribution in [0.5, 0.6) is 0 Å². The topological polar surface area (TPSA) is 42.0 Å². The summed E-state index contributed by atoms with van der Waals surface area (Å²) < 4.78 is 13.2. The van der Waals surface area contributed by atoms with Crippen molar-refractivity contribution in [3.05, 3.63) is 65.2 Å². The molecule has 2 aromatic rings. The maximum atomic E-state index is 13.2. The molecule has 0 saturated heterocycles. The second kappa shape index (κ2) is 6.97. The third-order valence-corrected chi connectivity index (χ3v) is 3.45. The van der Waals surface area contributed by atoms with Crippen molar-refractivity contribution in [2.45, 2.75) is 32.7 Å². The first kappa shape index (κ1) is 15.2. The quantitative estimate of drug-likeness (QED) is 0.916. The average Bonchev–Trinajstić information content (AvgIpc) is 2.49. The Balaban J connectivity index is 2.05. The lowest BCUT2D eigenvalue weighted by atomic mass is 10.0. The molecule has 21 heavy (non-hydrogen) atoms. The Morgan fingerprint density at radius 1 is 1.33 bits per heavy atom. The van der Waals surface area contributed by atoms with E-state index in [0.29, 0.717) is 5.56 Å². The summed E-state index contributed by atoms with van der Waals surface area (Å²) >= 11 is 0. The number of aryl methyl sites for hydroxylation is 1. The van der Waals surface area contributed by atoms with Gasteiger partial charge >= 0.3 is 0 Å². The van der Waals surface area contributed by atoms with Gasteiger partial charge in [0.2, 0.25) is 5.91 Å². The van der Waals surface area contributed by atoms with Gasteiger partial charge in [-0.2, -0.15) is 0 Å². The van der Waals surface area contributed by atoms with E-state index in [9.17, 15) is 9.18 Å². The highest BCUT2D eigenvalue weighted by atomic mass is 19.1. The molecule has 0 spiro atoms. The van der Waals surface area contributed by atoms with Crippen molar-refractivity contribution < 1.29 is 9.18 Å². The summed E-state index contributed by atoms with van der Waals surface area (Å²) in [5.74, 6) is -0.443. The first-order valence-electron chi connectivity index (χ1n) is 7.05. The van der Waals surface area contributed by atoms with Gasteiger partial charge in [-0.1, -0.05) is 19.1 Å². The van der Waals surface area contributed by atoms with Gasteiger partial charge in [-0.25, -0.2) is 4.39 Å². The number of hydrogen-bond acceptors (Lipinski definition) is 2. The summed E-state index contributed by atoms with van der Waals surface area (Å²) in [6.07, 6.45) is 2.64. The van der Waals surface area contributed by atoms with Crippen LogP contribution in [0.4, 0.5) is 4.39 Å². The molecule has 1 amide bonds. The van der Waals surface area contributed by atoms with Gasteiger partial charge in [-0.3, -0.25) is 9.78 Å². The van der Waals surface area contributed by atoms with Crippen molar-refractivity contribution in [2.75, 3.05) is 0 Å². The number of aromatic nitrogens is 1. The molecule has 0 saturated carbocycles. The normalized spacial score (nSPS) is 12.0. The smallest absolute Gasteiger partial charge is 0.224 e. The average molecular weight is 286 g/mol. The van der Waals surface area contributed by atoms with Gasteiger partial charge in [0.25, 0.3) is 0 Å². The second-order valence-electron chi connectivity index (χ2n) is 5.03. The molecule has 110 valence electrons. The minimum atomic E-state index is -0.319. The highest BCUT2D eigenvalue weighted by Crippen LogP contribution is 2.15. The van der Waals surface area contributed by atoms with Crippen LogP contribution in [0.25, 0.3) is 0 Å². The van der Waals surface area contributed by atoms with Gasteiger partial charge in [0.15, 0.2) is 0 Å². The van der Waals surface area contributed by atoms with Crippen LogP contribution in [0.15, 0.2) is 42.6 Å². The maximum Gasteiger partial charge on any atom is 0.224 e. The molecule has 1 N–H and O–H groups in total. The lowest BCUT2D eigenvalue weighted by Gasteiger charge is -2.17. The molecule has 1 atom stereocenters. The van der Waals surface area contributed by atoms with Crippen LogP contribution in [0, 0.1) is 12.7 Å². The number of carbonyl (C=O) groups excluding carboxylic acids is 1. The fourth-order valence-corrected chi connectivity index (χ4v) is 2.22. The summed E-state index contributed by atoms with van der Waals surface area (Å²) in [6.45, 7) is 3.87. The zero-order valence-corrected chi connectivity index (χ0v) is 12.3. The van der Waals surface area contributed by atoms with E-state index in [4.69, 9.17) is 0 Å². The summed E-state index contributed by atoms with van der Waals surface area (Å²) in [5, 5.41) is 2.95. The molecule has 0 aliphatic carbocycles. The van der Waals surface area contributed by atoms with Crippen LogP contribution < -0.4 is 5.32 Å². The first-order chi connectivity index (χ1) is 10.1. The minimum Gasteiger partial charge on any atom is -0.347 e. The van der Waals surface area contributed by atoms with Crippen LogP contribution in [0.1, 0.15) is 36.2 Å². The Kier molecular flexibility index (Phi) is 5.04. The number of hydrogen-bond donors (Lipinski definition) is 1. The number of nitrogens with one attached hydrogen (secondary N) is 1. The first-order valence-corrected chi connectivity index (χ1v) is 7.05. The largest absolute Gasteiger partial charge is 0.347 e. The molecule has 1 heterocycles.